The standard InChI is InChI=1S/C34H40F2N4O6S/c1-4-28(43)46-33(30(45)47-18-35)11-10-23-24-9-8-21-13-25-20(14-31(21,2)34(24,36)26(41)15-32(23,33)3)16-39-40(25)22-7-5-6-19(12-22)29(44)38-17-27(37)42/h5-7,12-13,16,23-24,26,41H,4,8-11,14-15,17-18H2,1-3H3,(H2,37,42)(H,38,44)/t23-,24-,26-,31-,32-,33-,34-/m0/s1. The summed E-state index contributed by atoms with van der Waals surface area (Å²) >= 11 is 0.463. The number of nitrogens with two attached hydrogens (primary N) is 1. The minimum atomic E-state index is -2.05. The van der Waals surface area contributed by atoms with Gasteiger partial charge in [0.2, 0.25) is 11.0 Å². The van der Waals surface area contributed by atoms with Crippen molar-refractivity contribution < 1.29 is 37.8 Å². The van der Waals surface area contributed by atoms with Crippen molar-refractivity contribution in [2.45, 2.75) is 83.1 Å². The molecule has 1 aromatic carbocycles. The van der Waals surface area contributed by atoms with Crippen LogP contribution >= 0.6 is 11.8 Å². The summed E-state index contributed by atoms with van der Waals surface area (Å²) < 4.78 is 39.2. The van der Waals surface area contributed by atoms with Gasteiger partial charge in [0.15, 0.2) is 5.60 Å². The number of aliphatic hydroxyl groups is 1. The molecule has 4 aliphatic rings. The number of nitrogens with zero attached hydrogens (tertiary/aromatic N) is 2. The summed E-state index contributed by atoms with van der Waals surface area (Å²) in [5.74, 6) is -2.71. The van der Waals surface area contributed by atoms with E-state index < -0.39 is 63.0 Å². The highest BCUT2D eigenvalue weighted by atomic mass is 32.2. The lowest BCUT2D eigenvalue weighted by Gasteiger charge is -2.63. The molecule has 10 nitrogen and oxygen atoms in total. The van der Waals surface area contributed by atoms with Gasteiger partial charge in [0.25, 0.3) is 5.91 Å². The first-order valence-corrected chi connectivity index (χ1v) is 17.0. The van der Waals surface area contributed by atoms with E-state index in [1.54, 1.807) is 49.0 Å². The summed E-state index contributed by atoms with van der Waals surface area (Å²) in [6.07, 6.45) is 3.85. The summed E-state index contributed by atoms with van der Waals surface area (Å²) in [4.78, 5) is 49.8. The molecule has 7 atom stereocenters. The van der Waals surface area contributed by atoms with Crippen LogP contribution in [0.2, 0.25) is 0 Å². The van der Waals surface area contributed by atoms with Gasteiger partial charge < -0.3 is 20.9 Å². The van der Waals surface area contributed by atoms with Crippen LogP contribution in [0.3, 0.4) is 0 Å². The number of alkyl halides is 2. The average Bonchev–Trinajstić information content (AvgIpc) is 3.57. The molecule has 0 saturated heterocycles. The molecule has 0 bridgehead atoms. The maximum Gasteiger partial charge on any atom is 0.306 e. The van der Waals surface area contributed by atoms with E-state index in [1.807, 2.05) is 13.0 Å². The van der Waals surface area contributed by atoms with E-state index in [9.17, 15) is 28.7 Å². The fourth-order valence-corrected chi connectivity index (χ4v) is 9.98. The van der Waals surface area contributed by atoms with E-state index in [2.05, 4.69) is 10.4 Å². The molecule has 2 amide bonds. The number of fused-ring (bicyclic) bond motifs is 6. The number of rotatable bonds is 8. The molecule has 13 heteroatoms. The molecule has 47 heavy (non-hydrogen) atoms. The Bertz CT molecular complexity index is 1680. The number of halogens is 2. The zero-order chi connectivity index (χ0) is 33.9. The number of nitrogens with one attached hydrogen (secondary N) is 1. The van der Waals surface area contributed by atoms with E-state index in [1.165, 1.54) is 0 Å². The molecule has 4 N–H and O–H groups in total. The Morgan fingerprint density at radius 1 is 1.21 bits per heavy atom. The van der Waals surface area contributed by atoms with Crippen LogP contribution in [0.25, 0.3) is 11.8 Å². The van der Waals surface area contributed by atoms with E-state index >= 15 is 4.39 Å². The molecule has 0 radical (unpaired) electrons. The number of aliphatic hydroxyl groups excluding tert-OH is 1. The second kappa shape index (κ2) is 11.8. The van der Waals surface area contributed by atoms with Crippen molar-refractivity contribution >= 4 is 40.7 Å². The Morgan fingerprint density at radius 2 is 1.98 bits per heavy atom. The predicted octanol–water partition coefficient (Wildman–Crippen LogP) is 4.21. The second-order valence-electron chi connectivity index (χ2n) is 13.7. The molecule has 3 saturated carbocycles. The fourth-order valence-electron chi connectivity index (χ4n) is 9.27. The number of carbonyl (C=O) groups excluding carboxylic acids is 4. The predicted molar refractivity (Wildman–Crippen MR) is 171 cm³/mol. The number of benzene rings is 1. The molecule has 4 aliphatic carbocycles. The quantitative estimate of drug-likeness (QED) is 0.353. The van der Waals surface area contributed by atoms with Gasteiger partial charge in [-0.2, -0.15) is 5.10 Å². The van der Waals surface area contributed by atoms with Crippen molar-refractivity contribution in [3.63, 3.8) is 0 Å². The number of aromatic nitrogens is 2. The number of thioether (sulfide) groups is 1. The van der Waals surface area contributed by atoms with E-state index in [0.29, 0.717) is 42.3 Å². The van der Waals surface area contributed by atoms with Crippen molar-refractivity contribution in [2.24, 2.45) is 28.4 Å². The summed E-state index contributed by atoms with van der Waals surface area (Å²) in [5, 5.41) is 18.4. The number of carbonyl (C=O) groups is 4. The lowest BCUT2D eigenvalue weighted by molar-refractivity contribution is -0.228. The van der Waals surface area contributed by atoms with Crippen LogP contribution in [0.4, 0.5) is 8.78 Å². The summed E-state index contributed by atoms with van der Waals surface area (Å²) in [6.45, 7) is 4.98. The highest BCUT2D eigenvalue weighted by molar-refractivity contribution is 8.13. The Labute approximate surface area is 275 Å². The third kappa shape index (κ3) is 4.86. The van der Waals surface area contributed by atoms with Crippen LogP contribution in [0.5, 0.6) is 0 Å². The van der Waals surface area contributed by atoms with Crippen LogP contribution < -0.4 is 11.1 Å². The maximum absolute atomic E-state index is 18.1. The minimum absolute atomic E-state index is 0.0319. The SMILES string of the molecule is CCC(=O)O[C@]1(C(=O)SCF)CC[C@H]2[C@@H]3CCC4=Cc5c(cnn5-c5cccc(C(=O)NCC(N)=O)c5)C[C@]4(C)[C@@]3(F)[C@@H](O)C[C@@]21C. The summed E-state index contributed by atoms with van der Waals surface area (Å²) in [5.41, 5.74) is 2.59. The number of hydrogen-bond acceptors (Lipinski definition) is 8. The van der Waals surface area contributed by atoms with E-state index in [4.69, 9.17) is 10.5 Å². The first kappa shape index (κ1) is 33.3. The third-order valence-corrected chi connectivity index (χ3v) is 12.3. The van der Waals surface area contributed by atoms with Gasteiger partial charge in [-0.1, -0.05) is 32.4 Å². The van der Waals surface area contributed by atoms with Gasteiger partial charge >= 0.3 is 5.97 Å². The van der Waals surface area contributed by atoms with E-state index in [0.717, 1.165) is 16.8 Å². The number of hydrogen-bond donors (Lipinski definition) is 3. The van der Waals surface area contributed by atoms with Gasteiger partial charge in [0.05, 0.1) is 30.2 Å². The first-order valence-electron chi connectivity index (χ1n) is 16.0. The smallest absolute Gasteiger partial charge is 0.306 e. The molecule has 0 spiro atoms. The molecule has 1 heterocycles. The van der Waals surface area contributed by atoms with Crippen LogP contribution in [0, 0.1) is 22.7 Å². The number of amides is 2. The Hall–Kier alpha value is -3.58. The molecule has 3 fully saturated rings. The Balaban J connectivity index is 1.34. The van der Waals surface area contributed by atoms with Gasteiger partial charge in [-0.25, -0.2) is 13.5 Å². The van der Waals surface area contributed by atoms with E-state index in [-0.39, 0.29) is 38.1 Å². The Kier molecular flexibility index (Phi) is 8.39. The van der Waals surface area contributed by atoms with Crippen LogP contribution in [0.15, 0.2) is 36.0 Å². The van der Waals surface area contributed by atoms with Crippen molar-refractivity contribution in [3.8, 4) is 5.69 Å². The molecule has 6 rings (SSSR count). The number of esters is 1. The number of primary amides is 1. The van der Waals surface area contributed by atoms with Crippen molar-refractivity contribution in [3.05, 3.63) is 52.9 Å². The molecule has 0 aliphatic heterocycles. The van der Waals surface area contributed by atoms with Crippen molar-refractivity contribution in [1.29, 1.82) is 0 Å². The highest BCUT2D eigenvalue weighted by Crippen LogP contribution is 2.71. The zero-order valence-corrected chi connectivity index (χ0v) is 27.5. The highest BCUT2D eigenvalue weighted by Gasteiger charge is 2.76. The second-order valence-corrected chi connectivity index (χ2v) is 14.6. The largest absolute Gasteiger partial charge is 0.449 e. The van der Waals surface area contributed by atoms with Gasteiger partial charge in [0.1, 0.15) is 11.7 Å². The Morgan fingerprint density at radius 3 is 2.68 bits per heavy atom. The van der Waals surface area contributed by atoms with Crippen LogP contribution in [-0.4, -0.2) is 67.7 Å². The summed E-state index contributed by atoms with van der Waals surface area (Å²) in [6, 6.07) is 5.79. The molecule has 0 unspecified atom stereocenters. The van der Waals surface area contributed by atoms with Gasteiger partial charge in [0, 0.05) is 28.7 Å². The topological polar surface area (TPSA) is 154 Å². The monoisotopic (exact) mass is 670 g/mol. The lowest BCUT2D eigenvalue weighted by atomic mass is 9.44. The van der Waals surface area contributed by atoms with Gasteiger partial charge in [-0.15, -0.1) is 0 Å². The molecular weight excluding hydrogens is 630 g/mol. The van der Waals surface area contributed by atoms with Crippen molar-refractivity contribution in [2.75, 3.05) is 12.6 Å². The van der Waals surface area contributed by atoms with Crippen LogP contribution in [-0.2, 0) is 25.5 Å². The minimum Gasteiger partial charge on any atom is -0.449 e. The van der Waals surface area contributed by atoms with Gasteiger partial charge in [-0.05, 0) is 86.0 Å². The molecular formula is C34H40F2N4O6S. The van der Waals surface area contributed by atoms with Crippen LogP contribution in [0.1, 0.15) is 80.9 Å². The third-order valence-electron chi connectivity index (χ3n) is 11.6. The average molecular weight is 671 g/mol. The fraction of sp³-hybridized carbons (Fsp3) is 0.559. The van der Waals surface area contributed by atoms with Crippen molar-refractivity contribution in [1.82, 2.24) is 15.1 Å². The molecule has 2 aromatic rings. The first-order chi connectivity index (χ1) is 22.3. The zero-order valence-electron chi connectivity index (χ0n) is 26.7. The maximum atomic E-state index is 18.1. The van der Waals surface area contributed by atoms with Gasteiger partial charge in [-0.3, -0.25) is 19.2 Å². The molecule has 1 aromatic heterocycles. The molecule has 252 valence electrons. The normalized spacial score (nSPS) is 33.8. The lowest BCUT2D eigenvalue weighted by Crippen LogP contribution is -2.70. The number of ether oxygens (including phenoxy) is 1. The summed E-state index contributed by atoms with van der Waals surface area (Å²) in [7, 11) is 0. The number of allylic oxidation sites excluding steroid dienone is 1.